The van der Waals surface area contributed by atoms with E-state index in [0.717, 1.165) is 32.5 Å². The van der Waals surface area contributed by atoms with Crippen molar-refractivity contribution in [2.24, 2.45) is 5.92 Å². The second-order valence-electron chi connectivity index (χ2n) is 4.51. The molecule has 0 bridgehead atoms. The Morgan fingerprint density at radius 3 is 2.87 bits per heavy atom. The van der Waals surface area contributed by atoms with Crippen molar-refractivity contribution in [3.05, 3.63) is 0 Å². The number of likely N-dealkylation sites (tertiary alicyclic amines) is 1. The van der Waals surface area contributed by atoms with Gasteiger partial charge < -0.3 is 15.3 Å². The third-order valence-corrected chi connectivity index (χ3v) is 2.98. The van der Waals surface area contributed by atoms with Crippen molar-refractivity contribution in [1.82, 2.24) is 10.2 Å². The Balaban J connectivity index is 2.34. The molecular formula is C11H22N2O2. The number of carbonyl (C=O) groups is 1. The van der Waals surface area contributed by atoms with Gasteiger partial charge in [0.25, 0.3) is 0 Å². The second-order valence-corrected chi connectivity index (χ2v) is 4.51. The topological polar surface area (TPSA) is 52.6 Å². The molecule has 4 nitrogen and oxygen atoms in total. The van der Waals surface area contributed by atoms with Crippen LogP contribution in [-0.4, -0.2) is 48.7 Å². The lowest BCUT2D eigenvalue weighted by molar-refractivity contribution is -0.137. The molecule has 0 spiro atoms. The van der Waals surface area contributed by atoms with Crippen LogP contribution in [0.25, 0.3) is 0 Å². The zero-order valence-corrected chi connectivity index (χ0v) is 9.70. The molecule has 1 aliphatic rings. The quantitative estimate of drug-likeness (QED) is 0.710. The van der Waals surface area contributed by atoms with E-state index in [1.165, 1.54) is 0 Å². The predicted molar refractivity (Wildman–Crippen MR) is 59.9 cm³/mol. The maximum absolute atomic E-state index is 10.5. The van der Waals surface area contributed by atoms with Crippen molar-refractivity contribution in [2.75, 3.05) is 26.7 Å². The van der Waals surface area contributed by atoms with Gasteiger partial charge >= 0.3 is 5.97 Å². The van der Waals surface area contributed by atoms with E-state index in [0.29, 0.717) is 18.4 Å². The highest BCUT2D eigenvalue weighted by Crippen LogP contribution is 2.20. The zero-order valence-electron chi connectivity index (χ0n) is 9.70. The molecule has 0 aromatic heterocycles. The normalized spacial score (nSPS) is 27.9. The number of carboxylic acids is 1. The van der Waals surface area contributed by atoms with Crippen LogP contribution in [0.3, 0.4) is 0 Å². The Labute approximate surface area is 91.6 Å². The lowest BCUT2D eigenvalue weighted by Gasteiger charge is -2.35. The lowest BCUT2D eigenvalue weighted by Crippen LogP contribution is -2.47. The maximum atomic E-state index is 10.5. The fraction of sp³-hybridized carbons (Fsp3) is 0.909. The number of aliphatic carboxylic acids is 1. The summed E-state index contributed by atoms with van der Waals surface area (Å²) in [6.45, 7) is 5.22. The smallest absolute Gasteiger partial charge is 0.303 e. The van der Waals surface area contributed by atoms with Crippen LogP contribution >= 0.6 is 0 Å². The molecule has 1 fully saturated rings. The van der Waals surface area contributed by atoms with E-state index in [2.05, 4.69) is 24.2 Å². The number of carboxylic acid groups (broad SMARTS) is 1. The second kappa shape index (κ2) is 6.08. The maximum Gasteiger partial charge on any atom is 0.303 e. The van der Waals surface area contributed by atoms with Gasteiger partial charge in [-0.15, -0.1) is 0 Å². The molecule has 4 heteroatoms. The van der Waals surface area contributed by atoms with Crippen LogP contribution in [0.5, 0.6) is 0 Å². The molecule has 15 heavy (non-hydrogen) atoms. The van der Waals surface area contributed by atoms with E-state index >= 15 is 0 Å². The minimum Gasteiger partial charge on any atom is -0.481 e. The van der Waals surface area contributed by atoms with Gasteiger partial charge in [-0.05, 0) is 32.4 Å². The zero-order chi connectivity index (χ0) is 11.3. The van der Waals surface area contributed by atoms with Crippen LogP contribution in [0.15, 0.2) is 0 Å². The minimum absolute atomic E-state index is 0.303. The van der Waals surface area contributed by atoms with E-state index in [1.807, 2.05) is 0 Å². The summed E-state index contributed by atoms with van der Waals surface area (Å²) in [6, 6.07) is 0.535. The van der Waals surface area contributed by atoms with Crippen molar-refractivity contribution in [3.8, 4) is 0 Å². The van der Waals surface area contributed by atoms with Crippen molar-refractivity contribution < 1.29 is 9.90 Å². The summed E-state index contributed by atoms with van der Waals surface area (Å²) < 4.78 is 0. The Morgan fingerprint density at radius 1 is 1.53 bits per heavy atom. The van der Waals surface area contributed by atoms with E-state index in [1.54, 1.807) is 0 Å². The molecule has 0 radical (unpaired) electrons. The molecule has 0 saturated carbocycles. The van der Waals surface area contributed by atoms with Gasteiger partial charge in [0.1, 0.15) is 0 Å². The van der Waals surface area contributed by atoms with Crippen molar-refractivity contribution in [3.63, 3.8) is 0 Å². The molecule has 1 rings (SSSR count). The highest BCUT2D eigenvalue weighted by atomic mass is 16.4. The van der Waals surface area contributed by atoms with Gasteiger partial charge in [-0.3, -0.25) is 4.79 Å². The number of hydrogen-bond acceptors (Lipinski definition) is 3. The molecular weight excluding hydrogens is 192 g/mol. The summed E-state index contributed by atoms with van der Waals surface area (Å²) in [5.74, 6) is -0.146. The van der Waals surface area contributed by atoms with Crippen LogP contribution in [-0.2, 0) is 4.79 Å². The fourth-order valence-corrected chi connectivity index (χ4v) is 2.42. The Bertz CT molecular complexity index is 209. The SMILES string of the molecule is CCNC1CC(CCC(=O)O)CN(C)C1. The monoisotopic (exact) mass is 214 g/mol. The van der Waals surface area contributed by atoms with Crippen LogP contribution in [0, 0.1) is 5.92 Å². The molecule has 0 amide bonds. The number of nitrogens with one attached hydrogen (secondary N) is 1. The van der Waals surface area contributed by atoms with Crippen LogP contribution in [0.1, 0.15) is 26.2 Å². The molecule has 0 aliphatic carbocycles. The van der Waals surface area contributed by atoms with E-state index in [9.17, 15) is 4.79 Å². The Morgan fingerprint density at radius 2 is 2.27 bits per heavy atom. The van der Waals surface area contributed by atoms with Gasteiger partial charge in [0, 0.05) is 25.6 Å². The number of piperidine rings is 1. The predicted octanol–water partition coefficient (Wildman–Crippen LogP) is 0.781. The van der Waals surface area contributed by atoms with Gasteiger partial charge in [-0.2, -0.15) is 0 Å². The van der Waals surface area contributed by atoms with Crippen molar-refractivity contribution in [1.29, 1.82) is 0 Å². The third kappa shape index (κ3) is 4.62. The minimum atomic E-state index is -0.678. The summed E-state index contributed by atoms with van der Waals surface area (Å²) in [5.41, 5.74) is 0. The molecule has 2 N–H and O–H groups in total. The summed E-state index contributed by atoms with van der Waals surface area (Å²) in [5, 5.41) is 12.1. The molecule has 2 atom stereocenters. The van der Waals surface area contributed by atoms with E-state index in [-0.39, 0.29) is 0 Å². The van der Waals surface area contributed by atoms with Gasteiger partial charge in [-0.25, -0.2) is 0 Å². The number of nitrogens with zero attached hydrogens (tertiary/aromatic N) is 1. The first-order valence-electron chi connectivity index (χ1n) is 5.75. The van der Waals surface area contributed by atoms with E-state index < -0.39 is 5.97 Å². The summed E-state index contributed by atoms with van der Waals surface area (Å²) in [6.07, 6.45) is 2.23. The average molecular weight is 214 g/mol. The van der Waals surface area contributed by atoms with E-state index in [4.69, 9.17) is 5.11 Å². The highest BCUT2D eigenvalue weighted by molar-refractivity contribution is 5.66. The molecule has 1 saturated heterocycles. The number of hydrogen-bond donors (Lipinski definition) is 2. The summed E-state index contributed by atoms with van der Waals surface area (Å²) >= 11 is 0. The van der Waals surface area contributed by atoms with Gasteiger partial charge in [0.2, 0.25) is 0 Å². The Hall–Kier alpha value is -0.610. The largest absolute Gasteiger partial charge is 0.481 e. The van der Waals surface area contributed by atoms with Gasteiger partial charge in [0.15, 0.2) is 0 Å². The van der Waals surface area contributed by atoms with Crippen LogP contribution < -0.4 is 5.32 Å². The molecule has 1 aliphatic heterocycles. The Kier molecular flexibility index (Phi) is 5.05. The first-order chi connectivity index (χ1) is 7.11. The first-order valence-corrected chi connectivity index (χ1v) is 5.75. The van der Waals surface area contributed by atoms with Gasteiger partial charge in [-0.1, -0.05) is 6.92 Å². The van der Waals surface area contributed by atoms with Gasteiger partial charge in [0.05, 0.1) is 0 Å². The third-order valence-electron chi connectivity index (χ3n) is 2.98. The molecule has 0 aromatic rings. The average Bonchev–Trinajstić information content (AvgIpc) is 2.14. The highest BCUT2D eigenvalue weighted by Gasteiger charge is 2.24. The standard InChI is InChI=1S/C11H22N2O2/c1-3-12-10-6-9(4-5-11(14)15)7-13(2)8-10/h9-10,12H,3-8H2,1-2H3,(H,14,15). The summed E-state index contributed by atoms with van der Waals surface area (Å²) in [4.78, 5) is 12.8. The molecule has 0 aromatic carbocycles. The van der Waals surface area contributed by atoms with Crippen molar-refractivity contribution in [2.45, 2.75) is 32.2 Å². The number of rotatable bonds is 5. The first kappa shape index (κ1) is 12.5. The number of likely N-dealkylation sites (N-methyl/N-ethyl adjacent to an activating group) is 2. The molecule has 2 unspecified atom stereocenters. The van der Waals surface area contributed by atoms with Crippen LogP contribution in [0.2, 0.25) is 0 Å². The van der Waals surface area contributed by atoms with Crippen LogP contribution in [0.4, 0.5) is 0 Å². The molecule has 1 heterocycles. The van der Waals surface area contributed by atoms with Crippen molar-refractivity contribution >= 4 is 5.97 Å². The summed E-state index contributed by atoms with van der Waals surface area (Å²) in [7, 11) is 2.11. The fourth-order valence-electron chi connectivity index (χ4n) is 2.42. The molecule has 88 valence electrons. The lowest BCUT2D eigenvalue weighted by atomic mass is 9.90.